The van der Waals surface area contributed by atoms with Crippen molar-refractivity contribution in [1.29, 1.82) is 0 Å². The van der Waals surface area contributed by atoms with Crippen molar-refractivity contribution in [2.45, 2.75) is 53.6 Å². The maximum Gasteiger partial charge on any atom is 0.387 e. The van der Waals surface area contributed by atoms with Gasteiger partial charge in [0.05, 0.1) is 24.8 Å². The molecule has 0 fully saturated rings. The molecule has 0 unspecified atom stereocenters. The Hall–Kier alpha value is -0.860. The number of aliphatic imine (C=N–C) groups is 1. The third-order valence-corrected chi connectivity index (χ3v) is 1.86. The van der Waals surface area contributed by atoms with E-state index in [1.54, 1.807) is 0 Å². The Kier molecular flexibility index (Phi) is 5.43. The number of guanidine groups is 1. The predicted octanol–water partition coefficient (Wildman–Crippen LogP) is 1.87. The zero-order valence-electron chi connectivity index (χ0n) is 10.5. The first kappa shape index (κ1) is 13.1. The molecule has 0 radical (unpaired) electrons. The van der Waals surface area contributed by atoms with Gasteiger partial charge in [0.1, 0.15) is 0 Å². The van der Waals surface area contributed by atoms with E-state index in [-0.39, 0.29) is 0 Å². The van der Waals surface area contributed by atoms with Gasteiger partial charge in [0, 0.05) is 0 Å². The van der Waals surface area contributed by atoms with Crippen molar-refractivity contribution in [1.82, 2.24) is 5.32 Å². The van der Waals surface area contributed by atoms with Gasteiger partial charge in [0.15, 0.2) is 0 Å². The molecule has 0 saturated heterocycles. The highest BCUT2D eigenvalue weighted by Gasteiger charge is 2.13. The summed E-state index contributed by atoms with van der Waals surface area (Å²) < 4.78 is 2.15. The summed E-state index contributed by atoms with van der Waals surface area (Å²) in [5.74, 6) is 0.954. The van der Waals surface area contributed by atoms with E-state index in [0.717, 1.165) is 11.7 Å². The third kappa shape index (κ3) is 5.00. The minimum absolute atomic E-state index is 0.411. The molecule has 0 aromatic carbocycles. The van der Waals surface area contributed by atoms with Crippen LogP contribution in [0.3, 0.4) is 0 Å². The number of nitrogens with zero attached hydrogens (tertiary/aromatic N) is 2. The second-order valence-corrected chi connectivity index (χ2v) is 4.39. The van der Waals surface area contributed by atoms with Gasteiger partial charge in [-0.05, 0) is 41.5 Å². The van der Waals surface area contributed by atoms with Gasteiger partial charge in [0.25, 0.3) is 0 Å². The van der Waals surface area contributed by atoms with Gasteiger partial charge in [0.2, 0.25) is 0 Å². The molecule has 0 amide bonds. The van der Waals surface area contributed by atoms with E-state index >= 15 is 0 Å². The Bertz CT molecular complexity index is 233. The average molecular weight is 198 g/mol. The minimum atomic E-state index is 0.411. The molecule has 3 nitrogen and oxygen atoms in total. The molecule has 0 atom stereocenters. The lowest BCUT2D eigenvalue weighted by Gasteiger charge is -2.11. The molecule has 0 aliphatic rings. The van der Waals surface area contributed by atoms with Crippen LogP contribution in [0.15, 0.2) is 4.99 Å². The van der Waals surface area contributed by atoms with Gasteiger partial charge >= 0.3 is 5.96 Å². The van der Waals surface area contributed by atoms with Gasteiger partial charge < -0.3 is 0 Å². The van der Waals surface area contributed by atoms with Crippen LogP contribution >= 0.6 is 0 Å². The van der Waals surface area contributed by atoms with E-state index in [1.165, 1.54) is 0 Å². The summed E-state index contributed by atoms with van der Waals surface area (Å²) >= 11 is 0. The summed E-state index contributed by atoms with van der Waals surface area (Å²) in [5.41, 5.74) is 1.07. The monoisotopic (exact) mass is 198 g/mol. The van der Waals surface area contributed by atoms with Gasteiger partial charge in [-0.1, -0.05) is 4.99 Å². The Morgan fingerprint density at radius 2 is 1.64 bits per heavy atom. The number of hydrogen-bond acceptors (Lipinski definition) is 0. The van der Waals surface area contributed by atoms with Gasteiger partial charge in [-0.3, -0.25) is 9.89 Å². The topological polar surface area (TPSA) is 27.4 Å². The summed E-state index contributed by atoms with van der Waals surface area (Å²) in [6.07, 6.45) is 0. The molecular formula is C11H24N3+. The van der Waals surface area contributed by atoms with Gasteiger partial charge in [-0.2, -0.15) is 0 Å². The summed E-state index contributed by atoms with van der Waals surface area (Å²) in [6, 6.07) is 0.869. The molecule has 1 N–H and O–H groups in total. The first-order chi connectivity index (χ1) is 6.34. The first-order valence-electron chi connectivity index (χ1n) is 5.22. The lowest BCUT2D eigenvalue weighted by atomic mass is 10.4. The number of nitrogens with one attached hydrogen (secondary N) is 1. The number of rotatable bonds is 2. The molecule has 0 aliphatic carbocycles. The van der Waals surface area contributed by atoms with E-state index in [4.69, 9.17) is 0 Å². The van der Waals surface area contributed by atoms with Crippen molar-refractivity contribution in [2.75, 3.05) is 7.05 Å². The normalized spacial score (nSPS) is 12.9. The third-order valence-electron chi connectivity index (χ3n) is 1.86. The molecule has 0 aromatic heterocycles. The SMILES string of the molecule is CC(C)=NC(NC(C)C)=[N+](C)C(C)C. The van der Waals surface area contributed by atoms with Crippen LogP contribution in [0.1, 0.15) is 41.5 Å². The Balaban J connectivity index is 4.89. The van der Waals surface area contributed by atoms with Crippen LogP contribution < -0.4 is 5.32 Å². The highest BCUT2D eigenvalue weighted by atomic mass is 15.2. The molecule has 0 bridgehead atoms. The van der Waals surface area contributed by atoms with Crippen molar-refractivity contribution in [3.63, 3.8) is 0 Å². The largest absolute Gasteiger partial charge is 0.387 e. The molecule has 3 heteroatoms. The first-order valence-corrected chi connectivity index (χ1v) is 5.22. The van der Waals surface area contributed by atoms with Crippen LogP contribution in [0.4, 0.5) is 0 Å². The van der Waals surface area contributed by atoms with Crippen LogP contribution in [-0.4, -0.2) is 35.4 Å². The average Bonchev–Trinajstić information content (AvgIpc) is 1.99. The zero-order chi connectivity index (χ0) is 11.3. The predicted molar refractivity (Wildman–Crippen MR) is 63.4 cm³/mol. The molecule has 0 spiro atoms. The van der Waals surface area contributed by atoms with E-state index < -0.39 is 0 Å². The molecule has 14 heavy (non-hydrogen) atoms. The summed E-state index contributed by atoms with van der Waals surface area (Å²) in [5, 5.41) is 3.35. The molecule has 0 heterocycles. The molecule has 0 aliphatic heterocycles. The van der Waals surface area contributed by atoms with E-state index in [1.807, 2.05) is 13.8 Å². The molecule has 82 valence electrons. The van der Waals surface area contributed by atoms with Gasteiger partial charge in [-0.25, -0.2) is 0 Å². The van der Waals surface area contributed by atoms with Gasteiger partial charge in [-0.15, -0.1) is 0 Å². The summed E-state index contributed by atoms with van der Waals surface area (Å²) in [4.78, 5) is 4.49. The second-order valence-electron chi connectivity index (χ2n) is 4.39. The van der Waals surface area contributed by atoms with Crippen molar-refractivity contribution in [3.05, 3.63) is 0 Å². The fourth-order valence-corrected chi connectivity index (χ4v) is 0.928. The molecule has 0 rings (SSSR count). The fourth-order valence-electron chi connectivity index (χ4n) is 0.928. The van der Waals surface area contributed by atoms with Crippen LogP contribution in [0.2, 0.25) is 0 Å². The summed E-state index contributed by atoms with van der Waals surface area (Å²) in [7, 11) is 2.06. The lowest BCUT2D eigenvalue weighted by Crippen LogP contribution is -2.38. The van der Waals surface area contributed by atoms with Crippen LogP contribution in [0.5, 0.6) is 0 Å². The Morgan fingerprint density at radius 1 is 1.14 bits per heavy atom. The highest BCUT2D eigenvalue weighted by Crippen LogP contribution is 1.90. The Labute approximate surface area is 87.9 Å². The lowest BCUT2D eigenvalue weighted by molar-refractivity contribution is -0.532. The van der Waals surface area contributed by atoms with Crippen LogP contribution in [0.25, 0.3) is 0 Å². The van der Waals surface area contributed by atoms with E-state index in [0.29, 0.717) is 12.1 Å². The second kappa shape index (κ2) is 5.78. The standard InChI is InChI=1S/C11H23N3/c1-8(2)12-11(13-9(3)4)14(7)10(5)6/h8,10H,1-7H3/p+1. The van der Waals surface area contributed by atoms with Crippen molar-refractivity contribution < 1.29 is 4.58 Å². The van der Waals surface area contributed by atoms with Crippen molar-refractivity contribution in [3.8, 4) is 0 Å². The fraction of sp³-hybridized carbons (Fsp3) is 0.818. The highest BCUT2D eigenvalue weighted by molar-refractivity contribution is 5.92. The Morgan fingerprint density at radius 3 is 1.93 bits per heavy atom. The smallest absolute Gasteiger partial charge is 0.273 e. The minimum Gasteiger partial charge on any atom is -0.273 e. The van der Waals surface area contributed by atoms with Crippen LogP contribution in [-0.2, 0) is 0 Å². The maximum absolute atomic E-state index is 4.49. The molecular weight excluding hydrogens is 174 g/mol. The summed E-state index contributed by atoms with van der Waals surface area (Å²) in [6.45, 7) is 12.6. The van der Waals surface area contributed by atoms with Crippen LogP contribution in [0, 0.1) is 0 Å². The maximum atomic E-state index is 4.49. The quantitative estimate of drug-likeness (QED) is 0.409. The van der Waals surface area contributed by atoms with Crippen molar-refractivity contribution in [2.24, 2.45) is 4.99 Å². The van der Waals surface area contributed by atoms with Crippen molar-refractivity contribution >= 4 is 11.7 Å². The molecule has 0 aromatic rings. The molecule has 0 saturated carbocycles. The van der Waals surface area contributed by atoms with E-state index in [9.17, 15) is 0 Å². The van der Waals surface area contributed by atoms with E-state index in [2.05, 4.69) is 49.6 Å². The zero-order valence-corrected chi connectivity index (χ0v) is 10.5. The number of hydrogen-bond donors (Lipinski definition) is 1.